The molecule has 0 saturated heterocycles. The van der Waals surface area contributed by atoms with E-state index < -0.39 is 24.4 Å². The Hall–Kier alpha value is -8.41. The molecule has 2 fully saturated rings. The van der Waals surface area contributed by atoms with E-state index in [4.69, 9.17) is 41.9 Å². The van der Waals surface area contributed by atoms with Crippen LogP contribution >= 0.6 is 23.2 Å². The number of ether oxygens (including phenoxy) is 1. The molecular formula is C56H62Cl2N10O13. The molecule has 0 atom stereocenters. The maximum atomic E-state index is 13.5. The number of benzene rings is 2. The van der Waals surface area contributed by atoms with Gasteiger partial charge >= 0.3 is 5.97 Å². The van der Waals surface area contributed by atoms with E-state index in [-0.39, 0.29) is 101 Å². The highest BCUT2D eigenvalue weighted by molar-refractivity contribution is 6.31. The molecule has 0 unspecified atom stereocenters. The number of fused-ring (bicyclic) bond motifs is 2. The van der Waals surface area contributed by atoms with Crippen LogP contribution in [0, 0.1) is 11.8 Å². The summed E-state index contributed by atoms with van der Waals surface area (Å²) < 4.78 is 16.5. The fraction of sp³-hybridized carbons (Fsp3) is 0.375. The second-order valence-electron chi connectivity index (χ2n) is 20.0. The number of hydrogen-bond acceptors (Lipinski definition) is 15. The van der Waals surface area contributed by atoms with Crippen molar-refractivity contribution in [3.63, 3.8) is 0 Å². The minimum atomic E-state index is -0.645. The predicted octanol–water partition coefficient (Wildman–Crippen LogP) is 7.34. The van der Waals surface area contributed by atoms with Crippen LogP contribution in [0.25, 0.3) is 21.9 Å². The van der Waals surface area contributed by atoms with Gasteiger partial charge in [-0.3, -0.25) is 43.2 Å². The van der Waals surface area contributed by atoms with Crippen LogP contribution in [0.5, 0.6) is 0 Å². The monoisotopic (exact) mass is 1150 g/mol. The largest absolute Gasteiger partial charge is 0.456 e. The highest BCUT2D eigenvalue weighted by Gasteiger charge is 2.34. The van der Waals surface area contributed by atoms with E-state index >= 15 is 0 Å². The van der Waals surface area contributed by atoms with Gasteiger partial charge < -0.3 is 59.5 Å². The number of furan rings is 2. The van der Waals surface area contributed by atoms with Crippen LogP contribution in [0.2, 0.25) is 10.0 Å². The third-order valence-electron chi connectivity index (χ3n) is 14.1. The van der Waals surface area contributed by atoms with Gasteiger partial charge in [0.2, 0.25) is 29.2 Å². The summed E-state index contributed by atoms with van der Waals surface area (Å²) in [5.41, 5.74) is 1.66. The van der Waals surface area contributed by atoms with Crippen LogP contribution in [0.15, 0.2) is 81.9 Å². The van der Waals surface area contributed by atoms with Gasteiger partial charge in [-0.05, 0) is 112 Å². The molecule has 0 spiro atoms. The highest BCUT2D eigenvalue weighted by Crippen LogP contribution is 2.37. The van der Waals surface area contributed by atoms with Gasteiger partial charge in [-0.1, -0.05) is 23.2 Å². The van der Waals surface area contributed by atoms with Crippen LogP contribution in [-0.4, -0.2) is 155 Å². The molecule has 2 aliphatic rings. The van der Waals surface area contributed by atoms with Crippen molar-refractivity contribution in [2.45, 2.75) is 70.4 Å². The number of halogens is 2. The average molecular weight is 1150 g/mol. The lowest BCUT2D eigenvalue weighted by Crippen LogP contribution is -2.42. The van der Waals surface area contributed by atoms with Crippen LogP contribution in [0.1, 0.15) is 100 Å². The van der Waals surface area contributed by atoms with Crippen molar-refractivity contribution in [1.82, 2.24) is 29.6 Å². The van der Waals surface area contributed by atoms with Crippen molar-refractivity contribution in [3.8, 4) is 0 Å². The van der Waals surface area contributed by atoms with Gasteiger partial charge in [0.05, 0.1) is 10.0 Å². The number of aromatic nitrogens is 2. The molecule has 8 rings (SSSR count). The van der Waals surface area contributed by atoms with Gasteiger partial charge in [0, 0.05) is 107 Å². The molecule has 81 heavy (non-hydrogen) atoms. The second kappa shape index (κ2) is 26.7. The Labute approximate surface area is 475 Å². The number of carbonyl (C=O) groups is 9. The minimum absolute atomic E-state index is 0.0590. The Kier molecular flexibility index (Phi) is 19.9. The number of anilines is 4. The quantitative estimate of drug-likeness (QED) is 0.0629. The zero-order valence-corrected chi connectivity index (χ0v) is 47.1. The molecule has 4 aromatic heterocycles. The number of aliphatic hydroxyl groups is 1. The number of rotatable bonds is 15. The van der Waals surface area contributed by atoms with Crippen molar-refractivity contribution >= 4 is 121 Å². The number of aliphatic hydroxyl groups excluding tert-OH is 1. The Bertz CT molecular complexity index is 3350. The lowest BCUT2D eigenvalue weighted by Gasteiger charge is -2.34. The Balaban J connectivity index is 0.000000234. The molecule has 428 valence electrons. The standard InChI is InChI=1S/C29H32ClN5O7.C27H30ClN5O6/c1-16(36)41-15-24(37)35(4)20-9-5-17(6-10-20)27(38)33-25-21-13-18(29(40)34(2)3)7-11-22(21)42-26(25)28(39)32-23-12-8-19(30)14-31-23;1-32(2)27(38)16-6-10-20-19(12-16)23(24(39-20)26(37)30-21-11-7-17(28)13-29-21)31-25(36)15-4-8-18(9-5-15)33(3)22(35)14-34/h7-8,11-14,17,20H,5-6,9-10,15H2,1-4H3,(H,33,38)(H,31,32,39);6-7,10-13,15,18,34H,4-5,8-9,14H2,1-3H3,(H,31,36)(H,29,30,37). The SMILES string of the molecule is CC(=O)OCC(=O)N(C)C1CCC(C(=O)Nc2c(C(=O)Nc3ccc(Cl)cn3)oc3ccc(C(=O)N(C)C)cc23)CC1.CN(C)C(=O)c1ccc2oc(C(=O)Nc3ccc(Cl)cn3)c(NC(=O)C3CCC(N(C)C(=O)CO)CC3)c2c1. The van der Waals surface area contributed by atoms with Gasteiger partial charge in [-0.2, -0.15) is 0 Å². The second-order valence-corrected chi connectivity index (χ2v) is 20.9. The minimum Gasteiger partial charge on any atom is -0.456 e. The van der Waals surface area contributed by atoms with E-state index in [1.807, 2.05) is 0 Å². The molecule has 5 N–H and O–H groups in total. The topological polar surface area (TPSA) is 296 Å². The summed E-state index contributed by atoms with van der Waals surface area (Å²) in [4.78, 5) is 128. The fourth-order valence-corrected chi connectivity index (χ4v) is 9.70. The van der Waals surface area contributed by atoms with Gasteiger partial charge in [0.15, 0.2) is 6.61 Å². The number of amides is 8. The number of carbonyl (C=O) groups excluding carboxylic acids is 9. The summed E-state index contributed by atoms with van der Waals surface area (Å²) in [5, 5.41) is 21.8. The molecule has 4 heterocycles. The predicted molar refractivity (Wildman–Crippen MR) is 301 cm³/mol. The highest BCUT2D eigenvalue weighted by atomic mass is 35.5. The Morgan fingerprint density at radius 1 is 0.568 bits per heavy atom. The number of esters is 1. The van der Waals surface area contributed by atoms with E-state index in [1.54, 1.807) is 95.7 Å². The molecule has 2 aliphatic carbocycles. The zero-order valence-electron chi connectivity index (χ0n) is 45.6. The molecular weight excluding hydrogens is 1090 g/mol. The number of pyridine rings is 2. The van der Waals surface area contributed by atoms with Crippen molar-refractivity contribution < 1.29 is 61.8 Å². The summed E-state index contributed by atoms with van der Waals surface area (Å²) in [6.45, 7) is 0.360. The van der Waals surface area contributed by atoms with Crippen LogP contribution in [0.3, 0.4) is 0 Å². The van der Waals surface area contributed by atoms with Crippen LogP contribution in [-0.2, 0) is 28.7 Å². The lowest BCUT2D eigenvalue weighted by atomic mass is 9.84. The molecule has 0 radical (unpaired) electrons. The number of likely N-dealkylation sites (N-methyl/N-ethyl adjacent to an activating group) is 2. The normalized spacial score (nSPS) is 16.7. The lowest BCUT2D eigenvalue weighted by molar-refractivity contribution is -0.151. The van der Waals surface area contributed by atoms with E-state index in [0.717, 1.165) is 0 Å². The van der Waals surface area contributed by atoms with E-state index in [9.17, 15) is 43.2 Å². The first-order valence-electron chi connectivity index (χ1n) is 25.8. The van der Waals surface area contributed by atoms with E-state index in [1.165, 1.54) is 46.1 Å². The molecule has 0 aliphatic heterocycles. The first-order valence-corrected chi connectivity index (χ1v) is 26.6. The van der Waals surface area contributed by atoms with E-state index in [0.29, 0.717) is 94.5 Å². The third-order valence-corrected chi connectivity index (χ3v) is 14.5. The maximum Gasteiger partial charge on any atom is 0.303 e. The molecule has 2 aromatic carbocycles. The summed E-state index contributed by atoms with van der Waals surface area (Å²) in [5.74, 6) is -4.13. The molecule has 0 bridgehead atoms. The summed E-state index contributed by atoms with van der Waals surface area (Å²) >= 11 is 11.8. The average Bonchev–Trinajstić information content (AvgIpc) is 4.06. The summed E-state index contributed by atoms with van der Waals surface area (Å²) in [7, 11) is 9.81. The van der Waals surface area contributed by atoms with E-state index in [2.05, 4.69) is 31.2 Å². The zero-order chi connectivity index (χ0) is 58.8. The summed E-state index contributed by atoms with van der Waals surface area (Å²) in [6, 6.07) is 15.6. The molecule has 6 aromatic rings. The number of hydrogen-bond donors (Lipinski definition) is 5. The van der Waals surface area contributed by atoms with Crippen molar-refractivity contribution in [2.24, 2.45) is 11.8 Å². The first kappa shape index (κ1) is 60.2. The summed E-state index contributed by atoms with van der Waals surface area (Å²) in [6.07, 6.45) is 7.16. The first-order chi connectivity index (χ1) is 38.5. The van der Waals surface area contributed by atoms with Crippen molar-refractivity contribution in [2.75, 3.05) is 76.8 Å². The fourth-order valence-electron chi connectivity index (χ4n) is 9.48. The molecule has 23 nitrogen and oxygen atoms in total. The van der Waals surface area contributed by atoms with Gasteiger partial charge in [0.1, 0.15) is 40.8 Å². The molecule has 25 heteroatoms. The smallest absolute Gasteiger partial charge is 0.303 e. The van der Waals surface area contributed by atoms with Crippen LogP contribution < -0.4 is 21.3 Å². The van der Waals surface area contributed by atoms with Gasteiger partial charge in [-0.25, -0.2) is 9.97 Å². The molecule has 2 saturated carbocycles. The van der Waals surface area contributed by atoms with Crippen molar-refractivity contribution in [3.05, 3.63) is 106 Å². The number of nitrogens with zero attached hydrogens (tertiary/aromatic N) is 6. The van der Waals surface area contributed by atoms with Crippen LogP contribution in [0.4, 0.5) is 23.0 Å². The Morgan fingerprint density at radius 3 is 1.31 bits per heavy atom. The maximum absolute atomic E-state index is 13.5. The molecule has 8 amide bonds. The van der Waals surface area contributed by atoms with Gasteiger partial charge in [-0.15, -0.1) is 0 Å². The Morgan fingerprint density at radius 2 is 0.963 bits per heavy atom. The van der Waals surface area contributed by atoms with Gasteiger partial charge in [0.25, 0.3) is 29.5 Å². The van der Waals surface area contributed by atoms with Crippen molar-refractivity contribution in [1.29, 1.82) is 0 Å². The number of nitrogens with one attached hydrogen (secondary N) is 4. The third kappa shape index (κ3) is 14.9.